The Morgan fingerprint density at radius 2 is 1.90 bits per heavy atom. The molecular weight excluding hydrogens is 460 g/mol. The molecule has 2 heterocycles. The van der Waals surface area contributed by atoms with Crippen LogP contribution < -0.4 is 10.1 Å². The van der Waals surface area contributed by atoms with Crippen molar-refractivity contribution in [3.63, 3.8) is 0 Å². The largest absolute Gasteiger partial charge is 0.497 e. The summed E-state index contributed by atoms with van der Waals surface area (Å²) in [6, 6.07) is 18.8. The van der Waals surface area contributed by atoms with Gasteiger partial charge in [0, 0.05) is 16.2 Å². The second-order valence-electron chi connectivity index (χ2n) is 7.01. The summed E-state index contributed by atoms with van der Waals surface area (Å²) in [5.74, 6) is 1.52. The highest BCUT2D eigenvalue weighted by Gasteiger charge is 2.16. The zero-order valence-electron chi connectivity index (χ0n) is 17.1. The topological polar surface area (TPSA) is 82.2 Å². The summed E-state index contributed by atoms with van der Waals surface area (Å²) < 4.78 is 13.4. The predicted molar refractivity (Wildman–Crippen MR) is 120 cm³/mol. The van der Waals surface area contributed by atoms with E-state index >= 15 is 0 Å². The predicted octanol–water partition coefficient (Wildman–Crippen LogP) is 4.85. The van der Waals surface area contributed by atoms with Gasteiger partial charge >= 0.3 is 0 Å². The van der Waals surface area contributed by atoms with Gasteiger partial charge in [0.2, 0.25) is 11.7 Å². The SMILES string of the molecule is COc1ccc([C@@H](C)NC(=O)Cn2cccc2-c2nc(-c3ccc(Br)cc3)no2)cc1. The molecule has 0 spiro atoms. The van der Waals surface area contributed by atoms with Crippen molar-refractivity contribution in [2.45, 2.75) is 19.5 Å². The Bertz CT molecular complexity index is 1170. The van der Waals surface area contributed by atoms with Gasteiger partial charge in [-0.2, -0.15) is 4.98 Å². The Hall–Kier alpha value is -3.39. The molecule has 7 nitrogen and oxygen atoms in total. The summed E-state index contributed by atoms with van der Waals surface area (Å²) in [4.78, 5) is 17.1. The van der Waals surface area contributed by atoms with E-state index in [1.54, 1.807) is 11.7 Å². The molecule has 1 amide bonds. The number of halogens is 1. The molecule has 1 atom stereocenters. The van der Waals surface area contributed by atoms with Crippen LogP contribution in [0.4, 0.5) is 0 Å². The molecular formula is C23H21BrN4O3. The Kier molecular flexibility index (Phi) is 6.18. The number of hydrogen-bond donors (Lipinski definition) is 1. The van der Waals surface area contributed by atoms with Crippen molar-refractivity contribution in [3.05, 3.63) is 76.9 Å². The average molecular weight is 481 g/mol. The van der Waals surface area contributed by atoms with Crippen LogP contribution in [0.5, 0.6) is 5.75 Å². The van der Waals surface area contributed by atoms with Crippen molar-refractivity contribution >= 4 is 21.8 Å². The van der Waals surface area contributed by atoms with Gasteiger partial charge in [0.05, 0.1) is 13.2 Å². The van der Waals surface area contributed by atoms with Crippen LogP contribution in [0.1, 0.15) is 18.5 Å². The van der Waals surface area contributed by atoms with Crippen LogP contribution in [0.15, 0.2) is 75.9 Å². The van der Waals surface area contributed by atoms with Crippen molar-refractivity contribution in [3.8, 4) is 28.7 Å². The molecule has 1 N–H and O–H groups in total. The van der Waals surface area contributed by atoms with Gasteiger partial charge < -0.3 is 19.1 Å². The highest BCUT2D eigenvalue weighted by atomic mass is 79.9. The van der Waals surface area contributed by atoms with Crippen LogP contribution in [0, 0.1) is 0 Å². The van der Waals surface area contributed by atoms with E-state index in [2.05, 4.69) is 31.4 Å². The monoisotopic (exact) mass is 480 g/mol. The summed E-state index contributed by atoms with van der Waals surface area (Å²) in [5.41, 5.74) is 2.53. The standard InChI is InChI=1S/C23H21BrN4O3/c1-15(16-7-11-19(30-2)12-8-16)25-21(29)14-28-13-3-4-20(28)23-26-22(27-31-23)17-5-9-18(24)10-6-17/h3-13,15H,14H2,1-2H3,(H,25,29)/t15-/m1/s1. The summed E-state index contributed by atoms with van der Waals surface area (Å²) in [7, 11) is 1.63. The quantitative estimate of drug-likeness (QED) is 0.408. The first-order valence-electron chi connectivity index (χ1n) is 9.72. The van der Waals surface area contributed by atoms with E-state index in [0.717, 1.165) is 21.3 Å². The molecule has 0 unspecified atom stereocenters. The molecule has 0 fully saturated rings. The zero-order chi connectivity index (χ0) is 21.8. The lowest BCUT2D eigenvalue weighted by Gasteiger charge is -2.15. The maximum atomic E-state index is 12.6. The summed E-state index contributed by atoms with van der Waals surface area (Å²) in [5, 5.41) is 7.08. The Labute approximate surface area is 188 Å². The normalized spacial score (nSPS) is 11.8. The zero-order valence-corrected chi connectivity index (χ0v) is 18.7. The van der Waals surface area contributed by atoms with Gasteiger partial charge in [0.1, 0.15) is 18.0 Å². The summed E-state index contributed by atoms with van der Waals surface area (Å²) in [6.07, 6.45) is 1.82. The number of aromatic nitrogens is 3. The fourth-order valence-corrected chi connectivity index (χ4v) is 3.47. The molecule has 0 aliphatic rings. The highest BCUT2D eigenvalue weighted by Crippen LogP contribution is 2.24. The van der Waals surface area contributed by atoms with E-state index in [0.29, 0.717) is 17.4 Å². The van der Waals surface area contributed by atoms with E-state index in [-0.39, 0.29) is 18.5 Å². The molecule has 0 saturated heterocycles. The maximum absolute atomic E-state index is 12.6. The van der Waals surface area contributed by atoms with Crippen LogP contribution in [-0.4, -0.2) is 27.7 Å². The van der Waals surface area contributed by atoms with Gasteiger partial charge in [0.25, 0.3) is 5.89 Å². The average Bonchev–Trinajstić information content (AvgIpc) is 3.43. The van der Waals surface area contributed by atoms with Gasteiger partial charge in [0.15, 0.2) is 0 Å². The maximum Gasteiger partial charge on any atom is 0.274 e. The van der Waals surface area contributed by atoms with E-state index in [1.807, 2.05) is 73.8 Å². The molecule has 0 radical (unpaired) electrons. The van der Waals surface area contributed by atoms with Crippen LogP contribution in [0.25, 0.3) is 23.0 Å². The number of methoxy groups -OCH3 is 1. The van der Waals surface area contributed by atoms with Gasteiger partial charge in [-0.25, -0.2) is 0 Å². The molecule has 0 aliphatic heterocycles. The van der Waals surface area contributed by atoms with E-state index in [1.165, 1.54) is 0 Å². The Balaban J connectivity index is 1.44. The van der Waals surface area contributed by atoms with Crippen molar-refractivity contribution < 1.29 is 14.1 Å². The molecule has 0 bridgehead atoms. The number of nitrogens with one attached hydrogen (secondary N) is 1. The third kappa shape index (κ3) is 4.86. The minimum atomic E-state index is -0.134. The minimum Gasteiger partial charge on any atom is -0.497 e. The molecule has 158 valence electrons. The number of rotatable bonds is 7. The first-order chi connectivity index (χ1) is 15.0. The van der Waals surface area contributed by atoms with Crippen molar-refractivity contribution in [2.24, 2.45) is 0 Å². The number of benzene rings is 2. The number of amides is 1. The fraction of sp³-hybridized carbons (Fsp3) is 0.174. The van der Waals surface area contributed by atoms with Crippen molar-refractivity contribution in [1.29, 1.82) is 0 Å². The second-order valence-corrected chi connectivity index (χ2v) is 7.93. The van der Waals surface area contributed by atoms with E-state index < -0.39 is 0 Å². The van der Waals surface area contributed by atoms with E-state index in [9.17, 15) is 4.79 Å². The van der Waals surface area contributed by atoms with Crippen LogP contribution >= 0.6 is 15.9 Å². The van der Waals surface area contributed by atoms with Crippen LogP contribution in [0.2, 0.25) is 0 Å². The second kappa shape index (κ2) is 9.18. The highest BCUT2D eigenvalue weighted by molar-refractivity contribution is 9.10. The molecule has 4 aromatic rings. The first kappa shape index (κ1) is 20.9. The summed E-state index contributed by atoms with van der Waals surface area (Å²) in [6.45, 7) is 2.08. The Morgan fingerprint density at radius 3 is 2.61 bits per heavy atom. The molecule has 2 aromatic carbocycles. The molecule has 8 heteroatoms. The number of carbonyl (C=O) groups excluding carboxylic acids is 1. The number of hydrogen-bond acceptors (Lipinski definition) is 5. The third-order valence-electron chi connectivity index (χ3n) is 4.88. The lowest BCUT2D eigenvalue weighted by Crippen LogP contribution is -2.30. The van der Waals surface area contributed by atoms with Gasteiger partial charge in [-0.15, -0.1) is 0 Å². The minimum absolute atomic E-state index is 0.117. The van der Waals surface area contributed by atoms with Crippen molar-refractivity contribution in [2.75, 3.05) is 7.11 Å². The van der Waals surface area contributed by atoms with Gasteiger partial charge in [-0.05, 0) is 61.0 Å². The van der Waals surface area contributed by atoms with Gasteiger partial charge in [-0.1, -0.05) is 33.2 Å². The summed E-state index contributed by atoms with van der Waals surface area (Å²) >= 11 is 3.41. The number of carbonyl (C=O) groups is 1. The lowest BCUT2D eigenvalue weighted by molar-refractivity contribution is -0.122. The number of nitrogens with zero attached hydrogens (tertiary/aromatic N) is 3. The van der Waals surface area contributed by atoms with Crippen molar-refractivity contribution in [1.82, 2.24) is 20.0 Å². The number of ether oxygens (including phenoxy) is 1. The molecule has 4 rings (SSSR count). The third-order valence-corrected chi connectivity index (χ3v) is 5.41. The molecule has 0 saturated carbocycles. The Morgan fingerprint density at radius 1 is 1.16 bits per heavy atom. The smallest absolute Gasteiger partial charge is 0.274 e. The van der Waals surface area contributed by atoms with Gasteiger partial charge in [-0.3, -0.25) is 4.79 Å². The first-order valence-corrected chi connectivity index (χ1v) is 10.5. The molecule has 31 heavy (non-hydrogen) atoms. The molecule has 2 aromatic heterocycles. The molecule has 0 aliphatic carbocycles. The fourth-order valence-electron chi connectivity index (χ4n) is 3.21. The van der Waals surface area contributed by atoms with Crippen LogP contribution in [0.3, 0.4) is 0 Å². The van der Waals surface area contributed by atoms with Crippen LogP contribution in [-0.2, 0) is 11.3 Å². The lowest BCUT2D eigenvalue weighted by atomic mass is 10.1. The van der Waals surface area contributed by atoms with E-state index in [4.69, 9.17) is 9.26 Å².